The summed E-state index contributed by atoms with van der Waals surface area (Å²) in [4.78, 5) is 28.3. The van der Waals surface area contributed by atoms with Gasteiger partial charge < -0.3 is 15.4 Å². The van der Waals surface area contributed by atoms with Crippen LogP contribution in [0.15, 0.2) is 66.9 Å². The van der Waals surface area contributed by atoms with Crippen LogP contribution < -0.4 is 15.4 Å². The van der Waals surface area contributed by atoms with Crippen molar-refractivity contribution in [3.63, 3.8) is 0 Å². The van der Waals surface area contributed by atoms with Gasteiger partial charge in [0.25, 0.3) is 5.91 Å². The topological polar surface area (TPSA) is 80.3 Å². The lowest BCUT2D eigenvalue weighted by Gasteiger charge is -2.10. The van der Waals surface area contributed by atoms with Gasteiger partial charge in [0.2, 0.25) is 11.8 Å². The molecule has 3 aromatic rings. The van der Waals surface area contributed by atoms with Crippen LogP contribution in [-0.2, 0) is 11.3 Å². The van der Waals surface area contributed by atoms with E-state index in [1.807, 2.05) is 44.2 Å². The summed E-state index contributed by atoms with van der Waals surface area (Å²) in [5, 5.41) is 5.57. The molecule has 0 aliphatic rings. The predicted molar refractivity (Wildman–Crippen MR) is 115 cm³/mol. The molecule has 154 valence electrons. The third-order valence-corrected chi connectivity index (χ3v) is 4.52. The van der Waals surface area contributed by atoms with E-state index >= 15 is 0 Å². The Bertz CT molecular complexity index is 1000. The summed E-state index contributed by atoms with van der Waals surface area (Å²) < 4.78 is 5.84. The number of pyridine rings is 1. The molecule has 2 N–H and O–H groups in total. The molecule has 6 nitrogen and oxygen atoms in total. The van der Waals surface area contributed by atoms with E-state index in [9.17, 15) is 9.59 Å². The fourth-order valence-electron chi connectivity index (χ4n) is 2.78. The molecule has 0 fully saturated rings. The van der Waals surface area contributed by atoms with Crippen molar-refractivity contribution in [3.05, 3.63) is 89.1 Å². The molecule has 0 aliphatic carbocycles. The number of benzene rings is 2. The van der Waals surface area contributed by atoms with Gasteiger partial charge in [0, 0.05) is 37.3 Å². The summed E-state index contributed by atoms with van der Waals surface area (Å²) in [5.41, 5.74) is 3.60. The Morgan fingerprint density at radius 2 is 1.77 bits per heavy atom. The molecule has 2 aromatic carbocycles. The third-order valence-electron chi connectivity index (χ3n) is 4.52. The number of rotatable bonds is 8. The van der Waals surface area contributed by atoms with E-state index in [4.69, 9.17) is 4.74 Å². The molecule has 1 aromatic heterocycles. The van der Waals surface area contributed by atoms with Crippen LogP contribution in [0.25, 0.3) is 0 Å². The van der Waals surface area contributed by atoms with Crippen molar-refractivity contribution in [2.24, 2.45) is 0 Å². The summed E-state index contributed by atoms with van der Waals surface area (Å²) >= 11 is 0. The average Bonchev–Trinajstić information content (AvgIpc) is 2.76. The van der Waals surface area contributed by atoms with Crippen LogP contribution in [0.3, 0.4) is 0 Å². The highest BCUT2D eigenvalue weighted by Crippen LogP contribution is 2.24. The largest absolute Gasteiger partial charge is 0.439 e. The number of carbonyl (C=O) groups excluding carboxylic acids is 2. The second-order valence-corrected chi connectivity index (χ2v) is 7.02. The Kier molecular flexibility index (Phi) is 7.16. The number of amides is 2. The minimum Gasteiger partial charge on any atom is -0.439 e. The molecule has 6 heteroatoms. The molecule has 0 saturated carbocycles. The van der Waals surface area contributed by atoms with Gasteiger partial charge in [-0.3, -0.25) is 9.59 Å². The lowest BCUT2D eigenvalue weighted by molar-refractivity contribution is -0.121. The molecular weight excluding hydrogens is 378 g/mol. The van der Waals surface area contributed by atoms with Gasteiger partial charge in [0.05, 0.1) is 0 Å². The van der Waals surface area contributed by atoms with Gasteiger partial charge >= 0.3 is 0 Å². The first kappa shape index (κ1) is 21.0. The first-order valence-corrected chi connectivity index (χ1v) is 9.81. The van der Waals surface area contributed by atoms with Crippen molar-refractivity contribution < 1.29 is 14.3 Å². The van der Waals surface area contributed by atoms with Crippen molar-refractivity contribution in [2.75, 3.05) is 6.54 Å². The number of aryl methyl sites for hydroxylation is 2. The fourth-order valence-corrected chi connectivity index (χ4v) is 2.78. The first-order chi connectivity index (χ1) is 14.5. The van der Waals surface area contributed by atoms with Gasteiger partial charge in [-0.25, -0.2) is 4.98 Å². The normalized spacial score (nSPS) is 10.3. The number of hydrogen-bond donors (Lipinski definition) is 2. The Balaban J connectivity index is 1.41. The van der Waals surface area contributed by atoms with Gasteiger partial charge in [0.1, 0.15) is 5.75 Å². The Hall–Kier alpha value is -3.67. The number of hydrogen-bond acceptors (Lipinski definition) is 4. The molecule has 0 atom stereocenters. The van der Waals surface area contributed by atoms with E-state index < -0.39 is 0 Å². The van der Waals surface area contributed by atoms with Crippen LogP contribution in [-0.4, -0.2) is 23.3 Å². The average molecular weight is 403 g/mol. The van der Waals surface area contributed by atoms with Gasteiger partial charge in [-0.2, -0.15) is 0 Å². The van der Waals surface area contributed by atoms with Crippen molar-refractivity contribution in [2.45, 2.75) is 26.8 Å². The quantitative estimate of drug-likeness (QED) is 0.597. The summed E-state index contributed by atoms with van der Waals surface area (Å²) in [6.45, 7) is 4.64. The number of nitrogens with one attached hydrogen (secondary N) is 2. The lowest BCUT2D eigenvalue weighted by Crippen LogP contribution is -2.30. The zero-order valence-electron chi connectivity index (χ0n) is 17.1. The molecular formula is C24H25N3O3. The van der Waals surface area contributed by atoms with Gasteiger partial charge in [-0.05, 0) is 48.7 Å². The second-order valence-electron chi connectivity index (χ2n) is 7.02. The minimum absolute atomic E-state index is 0.140. The van der Waals surface area contributed by atoms with Crippen LogP contribution in [0.2, 0.25) is 0 Å². The minimum atomic E-state index is -0.188. The third kappa shape index (κ3) is 6.17. The highest BCUT2D eigenvalue weighted by Gasteiger charge is 2.07. The van der Waals surface area contributed by atoms with Crippen LogP contribution in [0.4, 0.5) is 0 Å². The molecule has 0 saturated heterocycles. The summed E-state index contributed by atoms with van der Waals surface area (Å²) in [7, 11) is 0. The number of carbonyl (C=O) groups is 2. The van der Waals surface area contributed by atoms with Crippen LogP contribution in [0.5, 0.6) is 11.6 Å². The van der Waals surface area contributed by atoms with E-state index in [-0.39, 0.29) is 24.8 Å². The molecule has 0 unspecified atom stereocenters. The highest BCUT2D eigenvalue weighted by atomic mass is 16.5. The standard InChI is InChI=1S/C24H25N3O3/c1-17-8-9-18(2)21(14-17)30-23-11-10-19(16-27-23)15-26-22(28)12-13-25-24(29)20-6-4-3-5-7-20/h3-11,14,16H,12-13,15H2,1-2H3,(H,25,29)(H,26,28). The molecule has 0 radical (unpaired) electrons. The summed E-state index contributed by atoms with van der Waals surface area (Å²) in [6.07, 6.45) is 1.89. The maximum absolute atomic E-state index is 12.0. The van der Waals surface area contributed by atoms with Gasteiger partial charge in [-0.15, -0.1) is 0 Å². The monoisotopic (exact) mass is 403 g/mol. The van der Waals surface area contributed by atoms with Gasteiger partial charge in [-0.1, -0.05) is 36.4 Å². The van der Waals surface area contributed by atoms with E-state index in [0.717, 1.165) is 22.4 Å². The summed E-state index contributed by atoms with van der Waals surface area (Å²) in [5.74, 6) is 0.953. The van der Waals surface area contributed by atoms with Gasteiger partial charge in [0.15, 0.2) is 0 Å². The van der Waals surface area contributed by atoms with E-state index in [1.54, 1.807) is 36.5 Å². The van der Waals surface area contributed by atoms with E-state index in [0.29, 0.717) is 18.0 Å². The molecule has 1 heterocycles. The maximum Gasteiger partial charge on any atom is 0.251 e. The van der Waals surface area contributed by atoms with Crippen LogP contribution in [0.1, 0.15) is 33.5 Å². The number of nitrogens with zero attached hydrogens (tertiary/aromatic N) is 1. The molecule has 0 bridgehead atoms. The van der Waals surface area contributed by atoms with E-state index in [1.165, 1.54) is 0 Å². The van der Waals surface area contributed by atoms with Crippen LogP contribution >= 0.6 is 0 Å². The molecule has 30 heavy (non-hydrogen) atoms. The van der Waals surface area contributed by atoms with Crippen LogP contribution in [0, 0.1) is 13.8 Å². The molecule has 2 amide bonds. The Morgan fingerprint density at radius 3 is 2.50 bits per heavy atom. The van der Waals surface area contributed by atoms with Crippen molar-refractivity contribution in [1.29, 1.82) is 0 Å². The molecule has 0 aliphatic heterocycles. The van der Waals surface area contributed by atoms with Crippen molar-refractivity contribution in [3.8, 4) is 11.6 Å². The Morgan fingerprint density at radius 1 is 0.967 bits per heavy atom. The van der Waals surface area contributed by atoms with Crippen molar-refractivity contribution >= 4 is 11.8 Å². The Labute approximate surface area is 176 Å². The smallest absolute Gasteiger partial charge is 0.251 e. The number of ether oxygens (including phenoxy) is 1. The second kappa shape index (κ2) is 10.2. The lowest BCUT2D eigenvalue weighted by atomic mass is 10.1. The zero-order valence-corrected chi connectivity index (χ0v) is 17.1. The highest BCUT2D eigenvalue weighted by molar-refractivity contribution is 5.94. The molecule has 3 rings (SSSR count). The molecule has 0 spiro atoms. The predicted octanol–water partition coefficient (Wildman–Crippen LogP) is 3.93. The van der Waals surface area contributed by atoms with E-state index in [2.05, 4.69) is 15.6 Å². The maximum atomic E-state index is 12.0. The SMILES string of the molecule is Cc1ccc(C)c(Oc2ccc(CNC(=O)CCNC(=O)c3ccccc3)cn2)c1. The number of aromatic nitrogens is 1. The van der Waals surface area contributed by atoms with Crippen molar-refractivity contribution in [1.82, 2.24) is 15.6 Å². The zero-order chi connectivity index (χ0) is 21.3. The fraction of sp³-hybridized carbons (Fsp3) is 0.208. The first-order valence-electron chi connectivity index (χ1n) is 9.81. The summed E-state index contributed by atoms with van der Waals surface area (Å²) in [6, 6.07) is 18.6.